The number of rotatable bonds is 7. The molecule has 7 N–H and O–H groups in total. The lowest BCUT2D eigenvalue weighted by atomic mass is 10.0. The van der Waals surface area contributed by atoms with Gasteiger partial charge in [-0.1, -0.05) is 48.2 Å². The Labute approximate surface area is 191 Å². The molecule has 0 radical (unpaired) electrons. The van der Waals surface area contributed by atoms with Crippen molar-refractivity contribution in [2.24, 2.45) is 17.3 Å². The predicted molar refractivity (Wildman–Crippen MR) is 131 cm³/mol. The summed E-state index contributed by atoms with van der Waals surface area (Å²) in [6.45, 7) is 3.97. The normalized spacial score (nSPS) is 16.8. The predicted octanol–water partition coefficient (Wildman–Crippen LogP) is 2.90. The van der Waals surface area contributed by atoms with Gasteiger partial charge in [-0.25, -0.2) is 5.84 Å². The topological polar surface area (TPSA) is 103 Å². The summed E-state index contributed by atoms with van der Waals surface area (Å²) in [4.78, 5) is 0. The highest BCUT2D eigenvalue weighted by Gasteiger charge is 2.15. The average Bonchev–Trinajstić information content (AvgIpc) is 2.80. The summed E-state index contributed by atoms with van der Waals surface area (Å²) in [5, 5.41) is 4.76. The second-order valence-corrected chi connectivity index (χ2v) is 7.95. The van der Waals surface area contributed by atoms with Crippen molar-refractivity contribution < 1.29 is 4.74 Å². The number of benzene rings is 2. The van der Waals surface area contributed by atoms with E-state index in [1.54, 1.807) is 17.4 Å². The molecule has 0 bridgehead atoms. The molecule has 0 saturated carbocycles. The molecule has 1 fully saturated rings. The molecule has 1 aliphatic heterocycles. The molecule has 2 aromatic carbocycles. The molecule has 0 aliphatic carbocycles. The van der Waals surface area contributed by atoms with Crippen LogP contribution >= 0.6 is 0 Å². The number of aryl methyl sites for hydroxylation is 1. The molecule has 2 aromatic rings. The van der Waals surface area contributed by atoms with E-state index in [1.165, 1.54) is 6.42 Å². The smallest absolute Gasteiger partial charge is 0.0765 e. The maximum Gasteiger partial charge on any atom is 0.0765 e. The number of nitrogens with zero attached hydrogens (tertiary/aromatic N) is 1. The van der Waals surface area contributed by atoms with Crippen LogP contribution in [0.3, 0.4) is 0 Å². The van der Waals surface area contributed by atoms with E-state index in [2.05, 4.69) is 17.2 Å². The van der Waals surface area contributed by atoms with Gasteiger partial charge in [-0.3, -0.25) is 0 Å². The van der Waals surface area contributed by atoms with Crippen LogP contribution < -0.4 is 22.6 Å². The minimum atomic E-state index is 0.169. The van der Waals surface area contributed by atoms with E-state index in [0.29, 0.717) is 24.5 Å². The zero-order valence-electron chi connectivity index (χ0n) is 18.7. The maximum atomic E-state index is 6.30. The lowest BCUT2D eigenvalue weighted by Crippen LogP contribution is -2.37. The molecule has 1 heterocycles. The molecule has 1 saturated heterocycles. The lowest BCUT2D eigenvalue weighted by molar-refractivity contribution is 0.00166. The van der Waals surface area contributed by atoms with E-state index in [4.69, 9.17) is 22.0 Å². The van der Waals surface area contributed by atoms with E-state index in [1.807, 2.05) is 55.5 Å². The fourth-order valence-corrected chi connectivity index (χ4v) is 3.62. The largest absolute Gasteiger partial charge is 0.397 e. The van der Waals surface area contributed by atoms with Crippen molar-refractivity contribution in [3.05, 3.63) is 83.2 Å². The summed E-state index contributed by atoms with van der Waals surface area (Å²) in [6, 6.07) is 15.8. The Balaban J connectivity index is 1.54. The van der Waals surface area contributed by atoms with E-state index in [-0.39, 0.29) is 6.10 Å². The number of nitrogens with two attached hydrogens (primary N) is 3. The molecule has 1 unspecified atom stereocenters. The second kappa shape index (κ2) is 11.8. The summed E-state index contributed by atoms with van der Waals surface area (Å²) >= 11 is 0. The first kappa shape index (κ1) is 23.3. The highest BCUT2D eigenvalue weighted by molar-refractivity contribution is 5.66. The van der Waals surface area contributed by atoms with Gasteiger partial charge in [-0.05, 0) is 49.4 Å². The van der Waals surface area contributed by atoms with Crippen molar-refractivity contribution >= 4 is 11.4 Å². The Hall–Kier alpha value is -3.40. The SMILES string of the molecule is Cc1cc(C#CCN/C=C(\N)c2ccccc2)ccc1/C(N)=C/N(N)CC1CCCCO1. The molecule has 1 aliphatic rings. The lowest BCUT2D eigenvalue weighted by Gasteiger charge is -2.26. The Morgan fingerprint density at radius 2 is 1.97 bits per heavy atom. The van der Waals surface area contributed by atoms with Crippen LogP contribution in [-0.4, -0.2) is 30.8 Å². The van der Waals surface area contributed by atoms with Crippen LogP contribution in [-0.2, 0) is 4.74 Å². The van der Waals surface area contributed by atoms with Crippen LogP contribution in [0.1, 0.15) is 41.5 Å². The number of hydrogen-bond donors (Lipinski definition) is 4. The molecule has 168 valence electrons. The third kappa shape index (κ3) is 7.09. The fourth-order valence-electron chi connectivity index (χ4n) is 3.62. The van der Waals surface area contributed by atoms with Gasteiger partial charge < -0.3 is 26.5 Å². The minimum Gasteiger partial charge on any atom is -0.397 e. The van der Waals surface area contributed by atoms with Crippen molar-refractivity contribution in [3.8, 4) is 11.8 Å². The van der Waals surface area contributed by atoms with Crippen molar-refractivity contribution in [1.82, 2.24) is 10.3 Å². The highest BCUT2D eigenvalue weighted by Crippen LogP contribution is 2.18. The second-order valence-electron chi connectivity index (χ2n) is 7.95. The Kier molecular flexibility index (Phi) is 8.61. The average molecular weight is 432 g/mol. The molecule has 0 aromatic heterocycles. The number of nitrogens with one attached hydrogen (secondary N) is 1. The van der Waals surface area contributed by atoms with Crippen LogP contribution in [0.4, 0.5) is 0 Å². The fraction of sp³-hybridized carbons (Fsp3) is 0.308. The Morgan fingerprint density at radius 3 is 2.69 bits per heavy atom. The van der Waals surface area contributed by atoms with Crippen molar-refractivity contribution in [2.45, 2.75) is 32.3 Å². The molecular formula is C26H33N5O. The van der Waals surface area contributed by atoms with E-state index < -0.39 is 0 Å². The van der Waals surface area contributed by atoms with Gasteiger partial charge >= 0.3 is 0 Å². The number of ether oxygens (including phenoxy) is 1. The molecule has 3 rings (SSSR count). The van der Waals surface area contributed by atoms with E-state index >= 15 is 0 Å². The summed E-state index contributed by atoms with van der Waals surface area (Å²) in [5.41, 5.74) is 17.6. The Morgan fingerprint density at radius 1 is 1.16 bits per heavy atom. The minimum absolute atomic E-state index is 0.169. The molecule has 6 heteroatoms. The number of hydrazine groups is 1. The molecule has 1 atom stereocenters. The van der Waals surface area contributed by atoms with Gasteiger partial charge in [-0.15, -0.1) is 0 Å². The standard InChI is InChI=1S/C26H33N5O/c1-20-16-21(8-7-14-30-17-25(27)22-9-3-2-4-10-22)12-13-24(20)26(28)19-31(29)18-23-11-5-6-15-32-23/h2-4,9-10,12-13,16-17,19,23,30H,5-6,11,14-15,18,27-29H2,1H3/b25-17-,26-19-. The first-order valence-electron chi connectivity index (χ1n) is 11.0. The van der Waals surface area contributed by atoms with Crippen molar-refractivity contribution in [1.29, 1.82) is 0 Å². The molecule has 0 amide bonds. The monoisotopic (exact) mass is 431 g/mol. The van der Waals surface area contributed by atoms with Crippen molar-refractivity contribution in [2.75, 3.05) is 19.7 Å². The quantitative estimate of drug-likeness (QED) is 0.233. The van der Waals surface area contributed by atoms with Gasteiger partial charge in [0.25, 0.3) is 0 Å². The maximum absolute atomic E-state index is 6.30. The van der Waals surface area contributed by atoms with Crippen molar-refractivity contribution in [3.63, 3.8) is 0 Å². The van der Waals surface area contributed by atoms with Gasteiger partial charge in [0.15, 0.2) is 0 Å². The molecule has 32 heavy (non-hydrogen) atoms. The van der Waals surface area contributed by atoms with Crippen LogP contribution in [0.5, 0.6) is 0 Å². The van der Waals surface area contributed by atoms with Gasteiger partial charge in [0.2, 0.25) is 0 Å². The van der Waals surface area contributed by atoms with Gasteiger partial charge in [0.1, 0.15) is 0 Å². The van der Waals surface area contributed by atoms with E-state index in [9.17, 15) is 0 Å². The van der Waals surface area contributed by atoms with Crippen LogP contribution in [0.15, 0.2) is 60.9 Å². The zero-order chi connectivity index (χ0) is 22.8. The van der Waals surface area contributed by atoms with Crippen LogP contribution in [0.2, 0.25) is 0 Å². The van der Waals surface area contributed by atoms with Gasteiger partial charge in [0.05, 0.1) is 30.6 Å². The van der Waals surface area contributed by atoms with Crippen LogP contribution in [0.25, 0.3) is 11.4 Å². The molecule has 6 nitrogen and oxygen atoms in total. The number of hydrogen-bond acceptors (Lipinski definition) is 6. The summed E-state index contributed by atoms with van der Waals surface area (Å²) in [7, 11) is 0. The van der Waals surface area contributed by atoms with Gasteiger partial charge in [-0.2, -0.15) is 0 Å². The Bertz CT molecular complexity index is 998. The summed E-state index contributed by atoms with van der Waals surface area (Å²) in [5.74, 6) is 12.4. The first-order valence-corrected chi connectivity index (χ1v) is 11.0. The summed E-state index contributed by atoms with van der Waals surface area (Å²) in [6.07, 6.45) is 7.08. The molecule has 0 spiro atoms. The van der Waals surface area contributed by atoms with Gasteiger partial charge in [0, 0.05) is 30.1 Å². The third-order valence-electron chi connectivity index (χ3n) is 5.32. The molecular weight excluding hydrogens is 398 g/mol. The first-order chi connectivity index (χ1) is 15.5. The van der Waals surface area contributed by atoms with E-state index in [0.717, 1.165) is 41.7 Å². The zero-order valence-corrected chi connectivity index (χ0v) is 18.7. The highest BCUT2D eigenvalue weighted by atomic mass is 16.5. The summed E-state index contributed by atoms with van der Waals surface area (Å²) < 4.78 is 5.74. The van der Waals surface area contributed by atoms with Crippen LogP contribution in [0, 0.1) is 18.8 Å². The third-order valence-corrected chi connectivity index (χ3v) is 5.32.